The van der Waals surface area contributed by atoms with Gasteiger partial charge in [0.2, 0.25) is 0 Å². The van der Waals surface area contributed by atoms with Gasteiger partial charge in [0.25, 0.3) is 0 Å². The number of aliphatic hydroxyl groups is 1. The van der Waals surface area contributed by atoms with Crippen LogP contribution in [0.1, 0.15) is 12.0 Å². The van der Waals surface area contributed by atoms with Gasteiger partial charge in [0, 0.05) is 5.56 Å². The lowest BCUT2D eigenvalue weighted by Gasteiger charge is -2.11. The average molecular weight is 242 g/mol. The lowest BCUT2D eigenvalue weighted by atomic mass is 10.2. The summed E-state index contributed by atoms with van der Waals surface area (Å²) in [6, 6.07) is 5.47. The highest BCUT2D eigenvalue weighted by Crippen LogP contribution is 2.24. The van der Waals surface area contributed by atoms with E-state index < -0.39 is 0 Å². The molecule has 0 aliphatic rings. The van der Waals surface area contributed by atoms with Crippen molar-refractivity contribution in [3.63, 3.8) is 0 Å². The minimum Gasteiger partial charge on any atom is -0.497 e. The van der Waals surface area contributed by atoms with Crippen molar-refractivity contribution in [1.82, 2.24) is 0 Å². The fourth-order valence-corrected chi connectivity index (χ4v) is 1.74. The van der Waals surface area contributed by atoms with Gasteiger partial charge in [-0.3, -0.25) is 0 Å². The van der Waals surface area contributed by atoms with Crippen molar-refractivity contribution in [3.8, 4) is 11.5 Å². The van der Waals surface area contributed by atoms with Gasteiger partial charge in [0.1, 0.15) is 11.5 Å². The fourth-order valence-electron chi connectivity index (χ4n) is 1.33. The Morgan fingerprint density at radius 3 is 2.81 bits per heavy atom. The van der Waals surface area contributed by atoms with E-state index in [0.29, 0.717) is 6.61 Å². The van der Waals surface area contributed by atoms with Gasteiger partial charge in [-0.15, -0.1) is 0 Å². The molecular weight excluding hydrogens is 224 g/mol. The molecule has 0 bridgehead atoms. The molecule has 3 nitrogen and oxygen atoms in total. The largest absolute Gasteiger partial charge is 0.497 e. The van der Waals surface area contributed by atoms with E-state index in [1.807, 2.05) is 12.1 Å². The van der Waals surface area contributed by atoms with Gasteiger partial charge in [-0.25, -0.2) is 0 Å². The van der Waals surface area contributed by atoms with Crippen LogP contribution in [0.2, 0.25) is 0 Å². The van der Waals surface area contributed by atoms with Crippen molar-refractivity contribution >= 4 is 11.8 Å². The minimum absolute atomic E-state index is 0.0327. The van der Waals surface area contributed by atoms with Crippen LogP contribution >= 0.6 is 11.8 Å². The van der Waals surface area contributed by atoms with E-state index in [0.717, 1.165) is 29.2 Å². The van der Waals surface area contributed by atoms with Gasteiger partial charge in [-0.05, 0) is 36.6 Å². The predicted octanol–water partition coefficient (Wildman–Crippen LogP) is 2.32. The Labute approximate surface area is 101 Å². The van der Waals surface area contributed by atoms with E-state index in [9.17, 15) is 5.11 Å². The molecule has 4 heteroatoms. The van der Waals surface area contributed by atoms with Crippen molar-refractivity contribution in [2.75, 3.05) is 25.7 Å². The molecule has 16 heavy (non-hydrogen) atoms. The molecule has 0 radical (unpaired) electrons. The highest BCUT2D eigenvalue weighted by atomic mass is 32.2. The molecule has 0 heterocycles. The molecule has 1 aromatic carbocycles. The van der Waals surface area contributed by atoms with E-state index in [1.54, 1.807) is 24.9 Å². The van der Waals surface area contributed by atoms with Crippen LogP contribution in [0.3, 0.4) is 0 Å². The molecule has 0 atom stereocenters. The Balaban J connectivity index is 2.57. The van der Waals surface area contributed by atoms with Gasteiger partial charge in [-0.2, -0.15) is 11.8 Å². The zero-order chi connectivity index (χ0) is 11.8. The smallest absolute Gasteiger partial charge is 0.125 e. The Kier molecular flexibility index (Phi) is 6.11. The first-order valence-corrected chi connectivity index (χ1v) is 6.60. The summed E-state index contributed by atoms with van der Waals surface area (Å²) in [4.78, 5) is 0. The monoisotopic (exact) mass is 242 g/mol. The van der Waals surface area contributed by atoms with Crippen LogP contribution in [0.25, 0.3) is 0 Å². The van der Waals surface area contributed by atoms with Crippen molar-refractivity contribution in [2.45, 2.75) is 13.0 Å². The number of hydrogen-bond acceptors (Lipinski definition) is 4. The normalized spacial score (nSPS) is 10.2. The predicted molar refractivity (Wildman–Crippen MR) is 67.4 cm³/mol. The molecule has 0 aromatic heterocycles. The van der Waals surface area contributed by atoms with Crippen LogP contribution in [-0.2, 0) is 6.61 Å². The molecule has 0 spiro atoms. The van der Waals surface area contributed by atoms with Crippen molar-refractivity contribution in [2.24, 2.45) is 0 Å². The van der Waals surface area contributed by atoms with Crippen molar-refractivity contribution in [1.29, 1.82) is 0 Å². The lowest BCUT2D eigenvalue weighted by molar-refractivity contribution is 0.262. The summed E-state index contributed by atoms with van der Waals surface area (Å²) in [6.45, 7) is 0.648. The third kappa shape index (κ3) is 3.94. The van der Waals surface area contributed by atoms with Gasteiger partial charge < -0.3 is 14.6 Å². The molecular formula is C12H18O3S. The summed E-state index contributed by atoms with van der Waals surface area (Å²) in [5.74, 6) is 2.56. The van der Waals surface area contributed by atoms with Crippen molar-refractivity contribution in [3.05, 3.63) is 23.8 Å². The van der Waals surface area contributed by atoms with Crippen LogP contribution in [0, 0.1) is 0 Å². The Morgan fingerprint density at radius 1 is 1.38 bits per heavy atom. The molecule has 0 amide bonds. The number of rotatable bonds is 7. The molecule has 0 aliphatic carbocycles. The maximum Gasteiger partial charge on any atom is 0.125 e. The van der Waals surface area contributed by atoms with E-state index in [4.69, 9.17) is 9.47 Å². The van der Waals surface area contributed by atoms with Gasteiger partial charge in [0.05, 0.1) is 20.3 Å². The maximum atomic E-state index is 9.20. The molecule has 1 aromatic rings. The number of thioether (sulfide) groups is 1. The summed E-state index contributed by atoms with van der Waals surface area (Å²) in [5.41, 5.74) is 0.767. The molecule has 90 valence electrons. The van der Waals surface area contributed by atoms with Gasteiger partial charge in [0.15, 0.2) is 0 Å². The highest BCUT2D eigenvalue weighted by Gasteiger charge is 2.04. The Bertz CT molecular complexity index is 315. The number of aliphatic hydroxyl groups excluding tert-OH is 1. The Hall–Kier alpha value is -0.870. The quantitative estimate of drug-likeness (QED) is 0.745. The van der Waals surface area contributed by atoms with Gasteiger partial charge in [-0.1, -0.05) is 0 Å². The zero-order valence-electron chi connectivity index (χ0n) is 9.73. The summed E-state index contributed by atoms with van der Waals surface area (Å²) in [5, 5.41) is 9.20. The maximum absolute atomic E-state index is 9.20. The number of methoxy groups -OCH3 is 1. The minimum atomic E-state index is -0.0327. The fraction of sp³-hybridized carbons (Fsp3) is 0.500. The topological polar surface area (TPSA) is 38.7 Å². The first-order valence-electron chi connectivity index (χ1n) is 5.21. The molecule has 0 unspecified atom stereocenters. The SMILES string of the molecule is COc1ccc(OCCCSC)c(CO)c1. The van der Waals surface area contributed by atoms with E-state index in [1.165, 1.54) is 0 Å². The Morgan fingerprint density at radius 2 is 2.19 bits per heavy atom. The second-order valence-electron chi connectivity index (χ2n) is 3.33. The molecule has 0 saturated carbocycles. The zero-order valence-corrected chi connectivity index (χ0v) is 10.5. The number of hydrogen-bond donors (Lipinski definition) is 1. The van der Waals surface area contributed by atoms with E-state index in [-0.39, 0.29) is 6.61 Å². The number of ether oxygens (including phenoxy) is 2. The second kappa shape index (κ2) is 7.41. The third-order valence-electron chi connectivity index (χ3n) is 2.19. The first-order chi connectivity index (χ1) is 7.81. The van der Waals surface area contributed by atoms with Crippen LogP contribution in [0.15, 0.2) is 18.2 Å². The summed E-state index contributed by atoms with van der Waals surface area (Å²) in [6.07, 6.45) is 3.09. The highest BCUT2D eigenvalue weighted by molar-refractivity contribution is 7.98. The summed E-state index contributed by atoms with van der Waals surface area (Å²) in [7, 11) is 1.61. The van der Waals surface area contributed by atoms with Gasteiger partial charge >= 0.3 is 0 Å². The molecule has 0 saturated heterocycles. The third-order valence-corrected chi connectivity index (χ3v) is 2.89. The molecule has 0 aliphatic heterocycles. The van der Waals surface area contributed by atoms with Crippen LogP contribution in [0.5, 0.6) is 11.5 Å². The first kappa shape index (κ1) is 13.2. The van der Waals surface area contributed by atoms with Crippen molar-refractivity contribution < 1.29 is 14.6 Å². The van der Waals surface area contributed by atoms with E-state index in [2.05, 4.69) is 6.26 Å². The summed E-state index contributed by atoms with van der Waals surface area (Å²) >= 11 is 1.80. The average Bonchev–Trinajstić information content (AvgIpc) is 2.34. The summed E-state index contributed by atoms with van der Waals surface area (Å²) < 4.78 is 10.7. The van der Waals surface area contributed by atoms with Crippen LogP contribution in [0.4, 0.5) is 0 Å². The van der Waals surface area contributed by atoms with Crippen LogP contribution < -0.4 is 9.47 Å². The molecule has 1 N–H and O–H groups in total. The lowest BCUT2D eigenvalue weighted by Crippen LogP contribution is -2.01. The molecule has 0 fully saturated rings. The standard InChI is InChI=1S/C12H18O3S/c1-14-11-4-5-12(10(8-11)9-13)15-6-3-7-16-2/h4-5,8,13H,3,6-7,9H2,1-2H3. The van der Waals surface area contributed by atoms with Crippen LogP contribution in [-0.4, -0.2) is 30.8 Å². The second-order valence-corrected chi connectivity index (χ2v) is 4.31. The van der Waals surface area contributed by atoms with E-state index >= 15 is 0 Å². The molecule has 1 rings (SSSR count). The number of benzene rings is 1.